The zero-order valence-electron chi connectivity index (χ0n) is 12.9. The lowest BCUT2D eigenvalue weighted by Gasteiger charge is -2.23. The van der Waals surface area contributed by atoms with Crippen molar-refractivity contribution in [2.24, 2.45) is 0 Å². The predicted molar refractivity (Wildman–Crippen MR) is 80.3 cm³/mol. The van der Waals surface area contributed by atoms with E-state index in [1.54, 1.807) is 45.0 Å². The maximum atomic E-state index is 11.8. The lowest BCUT2D eigenvalue weighted by molar-refractivity contribution is -0.137. The number of ether oxygens (including phenoxy) is 1. The van der Waals surface area contributed by atoms with Gasteiger partial charge in [-0.3, -0.25) is 4.79 Å². The second kappa shape index (κ2) is 7.46. The Morgan fingerprint density at radius 3 is 2.64 bits per heavy atom. The van der Waals surface area contributed by atoms with Gasteiger partial charge in [0.15, 0.2) is 0 Å². The van der Waals surface area contributed by atoms with E-state index in [4.69, 9.17) is 15.1 Å². The number of benzene rings is 1. The third kappa shape index (κ3) is 6.75. The van der Waals surface area contributed by atoms with Crippen molar-refractivity contribution < 1.29 is 19.4 Å². The summed E-state index contributed by atoms with van der Waals surface area (Å²) in [5.74, 6) is -1.02. The molecule has 0 spiro atoms. The van der Waals surface area contributed by atoms with Crippen LogP contribution in [0.15, 0.2) is 24.3 Å². The van der Waals surface area contributed by atoms with Crippen molar-refractivity contribution in [2.75, 3.05) is 0 Å². The van der Waals surface area contributed by atoms with E-state index in [1.807, 2.05) is 6.07 Å². The van der Waals surface area contributed by atoms with Crippen molar-refractivity contribution >= 4 is 12.1 Å². The molecule has 1 aromatic rings. The van der Waals surface area contributed by atoms with Gasteiger partial charge >= 0.3 is 12.1 Å². The molecule has 0 aliphatic carbocycles. The molecule has 0 bridgehead atoms. The molecule has 1 amide bonds. The Hall–Kier alpha value is -2.55. The van der Waals surface area contributed by atoms with Crippen LogP contribution in [0.5, 0.6) is 0 Å². The number of aliphatic carboxylic acids is 1. The van der Waals surface area contributed by atoms with Gasteiger partial charge in [0.1, 0.15) is 5.60 Å². The molecule has 0 radical (unpaired) electrons. The lowest BCUT2D eigenvalue weighted by Crippen LogP contribution is -2.41. The van der Waals surface area contributed by atoms with E-state index < -0.39 is 23.7 Å². The molecule has 0 aliphatic heterocycles. The van der Waals surface area contributed by atoms with E-state index in [0.717, 1.165) is 5.56 Å². The molecule has 0 heterocycles. The van der Waals surface area contributed by atoms with E-state index in [9.17, 15) is 9.59 Å². The van der Waals surface area contributed by atoms with Gasteiger partial charge in [0.25, 0.3) is 0 Å². The summed E-state index contributed by atoms with van der Waals surface area (Å²) in [6, 6.07) is 8.26. The van der Waals surface area contributed by atoms with E-state index in [1.165, 1.54) is 0 Å². The summed E-state index contributed by atoms with van der Waals surface area (Å²) in [6.45, 7) is 5.19. The van der Waals surface area contributed by atoms with E-state index in [-0.39, 0.29) is 6.42 Å². The second-order valence-electron chi connectivity index (χ2n) is 5.96. The summed E-state index contributed by atoms with van der Waals surface area (Å²) >= 11 is 0. The highest BCUT2D eigenvalue weighted by Crippen LogP contribution is 2.11. The first-order valence-corrected chi connectivity index (χ1v) is 6.90. The molecular weight excluding hydrogens is 284 g/mol. The normalized spacial score (nSPS) is 12.1. The summed E-state index contributed by atoms with van der Waals surface area (Å²) in [5.41, 5.74) is 0.615. The van der Waals surface area contributed by atoms with Crippen LogP contribution < -0.4 is 5.32 Å². The van der Waals surface area contributed by atoms with E-state index >= 15 is 0 Å². The van der Waals surface area contributed by atoms with Crippen LogP contribution in [-0.4, -0.2) is 28.8 Å². The fourth-order valence-corrected chi connectivity index (χ4v) is 1.91. The molecule has 22 heavy (non-hydrogen) atoms. The van der Waals surface area contributed by atoms with Gasteiger partial charge in [-0.05, 0) is 44.9 Å². The van der Waals surface area contributed by atoms with Crippen molar-refractivity contribution in [3.05, 3.63) is 35.4 Å². The molecule has 1 rings (SSSR count). The van der Waals surface area contributed by atoms with Gasteiger partial charge in [-0.2, -0.15) is 5.26 Å². The Labute approximate surface area is 129 Å². The van der Waals surface area contributed by atoms with Crippen LogP contribution in [0.3, 0.4) is 0 Å². The first-order chi connectivity index (χ1) is 10.2. The largest absolute Gasteiger partial charge is 0.481 e. The minimum Gasteiger partial charge on any atom is -0.481 e. The molecule has 0 aromatic heterocycles. The number of alkyl carbamates (subject to hydrolysis) is 1. The Kier molecular flexibility index (Phi) is 5.93. The topological polar surface area (TPSA) is 99.4 Å². The fourth-order valence-electron chi connectivity index (χ4n) is 1.91. The third-order valence-corrected chi connectivity index (χ3v) is 2.68. The van der Waals surface area contributed by atoms with E-state index in [2.05, 4.69) is 5.32 Å². The lowest BCUT2D eigenvalue weighted by atomic mass is 10.0. The van der Waals surface area contributed by atoms with Gasteiger partial charge in [0.2, 0.25) is 0 Å². The van der Waals surface area contributed by atoms with Gasteiger partial charge in [-0.25, -0.2) is 4.79 Å². The highest BCUT2D eigenvalue weighted by molar-refractivity contribution is 5.71. The number of carboxylic acids is 1. The summed E-state index contributed by atoms with van der Waals surface area (Å²) < 4.78 is 5.14. The molecule has 118 valence electrons. The maximum absolute atomic E-state index is 11.8. The summed E-state index contributed by atoms with van der Waals surface area (Å²) in [7, 11) is 0. The molecule has 0 saturated heterocycles. The smallest absolute Gasteiger partial charge is 0.407 e. The SMILES string of the molecule is CC(C)(C)OC(=O)NC(CC(=O)O)Cc1cccc(C#N)c1. The molecule has 0 fully saturated rings. The Bertz CT molecular complexity index is 585. The molecule has 1 atom stereocenters. The van der Waals surface area contributed by atoms with Gasteiger partial charge in [0, 0.05) is 6.04 Å². The number of carboxylic acid groups (broad SMARTS) is 1. The van der Waals surface area contributed by atoms with Crippen molar-refractivity contribution in [3.8, 4) is 6.07 Å². The second-order valence-corrected chi connectivity index (χ2v) is 5.96. The van der Waals surface area contributed by atoms with Crippen LogP contribution in [0.25, 0.3) is 0 Å². The van der Waals surface area contributed by atoms with Gasteiger partial charge in [-0.15, -0.1) is 0 Å². The zero-order valence-corrected chi connectivity index (χ0v) is 12.9. The van der Waals surface area contributed by atoms with Gasteiger partial charge in [0.05, 0.1) is 18.1 Å². The molecule has 6 nitrogen and oxygen atoms in total. The summed E-state index contributed by atoms with van der Waals surface area (Å²) in [5, 5.41) is 20.4. The van der Waals surface area contributed by atoms with Gasteiger partial charge in [-0.1, -0.05) is 12.1 Å². The van der Waals surface area contributed by atoms with E-state index in [0.29, 0.717) is 12.0 Å². The predicted octanol–water partition coefficient (Wildman–Crippen LogP) is 2.47. The van der Waals surface area contributed by atoms with Crippen molar-refractivity contribution in [1.82, 2.24) is 5.32 Å². The Morgan fingerprint density at radius 1 is 1.41 bits per heavy atom. The third-order valence-electron chi connectivity index (χ3n) is 2.68. The minimum atomic E-state index is -1.02. The number of nitrogens with one attached hydrogen (secondary N) is 1. The number of carbonyl (C=O) groups excluding carboxylic acids is 1. The quantitative estimate of drug-likeness (QED) is 0.870. The van der Waals surface area contributed by atoms with Crippen LogP contribution in [0.4, 0.5) is 4.79 Å². The molecule has 1 unspecified atom stereocenters. The van der Waals surface area contributed by atoms with Crippen LogP contribution in [0.2, 0.25) is 0 Å². The number of nitriles is 1. The highest BCUT2D eigenvalue weighted by Gasteiger charge is 2.21. The average molecular weight is 304 g/mol. The number of hydrogen-bond acceptors (Lipinski definition) is 4. The Balaban J connectivity index is 2.78. The standard InChI is InChI=1S/C16H20N2O4/c1-16(2,3)22-15(21)18-13(9-14(19)20)8-11-5-4-6-12(7-11)10-17/h4-7,13H,8-9H2,1-3H3,(H,18,21)(H,19,20). The summed E-state index contributed by atoms with van der Waals surface area (Å²) in [4.78, 5) is 22.7. The molecule has 0 aliphatic rings. The monoisotopic (exact) mass is 304 g/mol. The van der Waals surface area contributed by atoms with Crippen molar-refractivity contribution in [2.45, 2.75) is 45.3 Å². The summed E-state index contributed by atoms with van der Waals surface area (Å²) in [6.07, 6.45) is -0.577. The number of amides is 1. The highest BCUT2D eigenvalue weighted by atomic mass is 16.6. The average Bonchev–Trinajstić information content (AvgIpc) is 2.35. The molecule has 1 aromatic carbocycles. The zero-order chi connectivity index (χ0) is 16.8. The van der Waals surface area contributed by atoms with Crippen LogP contribution in [0.1, 0.15) is 38.3 Å². The van der Waals surface area contributed by atoms with Gasteiger partial charge < -0.3 is 15.2 Å². The van der Waals surface area contributed by atoms with Crippen molar-refractivity contribution in [3.63, 3.8) is 0 Å². The number of rotatable bonds is 5. The molecule has 2 N–H and O–H groups in total. The van der Waals surface area contributed by atoms with Crippen molar-refractivity contribution in [1.29, 1.82) is 5.26 Å². The molecular formula is C16H20N2O4. The number of nitrogens with zero attached hydrogens (tertiary/aromatic N) is 1. The minimum absolute atomic E-state index is 0.226. The number of hydrogen-bond donors (Lipinski definition) is 2. The maximum Gasteiger partial charge on any atom is 0.407 e. The molecule has 0 saturated carbocycles. The van der Waals surface area contributed by atoms with Crippen LogP contribution >= 0.6 is 0 Å². The van der Waals surface area contributed by atoms with Crippen LogP contribution in [0, 0.1) is 11.3 Å². The fraction of sp³-hybridized carbons (Fsp3) is 0.438. The Morgan fingerprint density at radius 2 is 2.09 bits per heavy atom. The first-order valence-electron chi connectivity index (χ1n) is 6.90. The molecule has 6 heteroatoms. The first kappa shape index (κ1) is 17.5. The van der Waals surface area contributed by atoms with Crippen LogP contribution in [-0.2, 0) is 16.0 Å². The number of carbonyl (C=O) groups is 2.